The van der Waals surface area contributed by atoms with E-state index >= 15 is 0 Å². The van der Waals surface area contributed by atoms with Gasteiger partial charge in [0.25, 0.3) is 0 Å². The summed E-state index contributed by atoms with van der Waals surface area (Å²) in [5.41, 5.74) is 3.61. The molecule has 3 heteroatoms. The second kappa shape index (κ2) is 8.14. The summed E-state index contributed by atoms with van der Waals surface area (Å²) in [4.78, 5) is 0. The van der Waals surface area contributed by atoms with Crippen molar-refractivity contribution in [2.75, 3.05) is 0 Å². The Balaban J connectivity index is 0.00000128. The van der Waals surface area contributed by atoms with Gasteiger partial charge >= 0.3 is 23.1 Å². The van der Waals surface area contributed by atoms with Crippen LogP contribution in [0.3, 0.4) is 0 Å². The largest absolute Gasteiger partial charge is 2.00 e. The summed E-state index contributed by atoms with van der Waals surface area (Å²) >= 11 is 5.84. The molecule has 2 aromatic rings. The Morgan fingerprint density at radius 1 is 1.00 bits per heavy atom. The molecule has 0 nitrogen and oxygen atoms in total. The first-order valence-corrected chi connectivity index (χ1v) is 5.44. The van der Waals surface area contributed by atoms with Crippen LogP contribution < -0.4 is 17.0 Å². The summed E-state index contributed by atoms with van der Waals surface area (Å²) in [6.07, 6.45) is 1.03. The minimum atomic E-state index is 0. The van der Waals surface area contributed by atoms with E-state index in [0.717, 1.165) is 11.4 Å². The van der Waals surface area contributed by atoms with Crippen LogP contribution in [-0.2, 0) is 6.42 Å². The first kappa shape index (κ1) is 17.0. The van der Waals surface area contributed by atoms with Gasteiger partial charge in [0.2, 0.25) is 0 Å². The molecule has 0 saturated heterocycles. The summed E-state index contributed by atoms with van der Waals surface area (Å²) in [5, 5.41) is 0.771. The van der Waals surface area contributed by atoms with E-state index in [9.17, 15) is 0 Å². The topological polar surface area (TPSA) is 0 Å². The van der Waals surface area contributed by atoms with Crippen LogP contribution in [0, 0.1) is 6.07 Å². The number of aryl methyl sites for hydroxylation is 1. The SMILES string of the molecule is CCc1[c-]cc(-c2ccc(Cl)cc2)cc1.[Br-].[Mg+2]. The molecular weight excluding hydrogens is 308 g/mol. The normalized spacial score (nSPS) is 9.06. The Kier molecular flexibility index (Phi) is 8.13. The van der Waals surface area contributed by atoms with Crippen molar-refractivity contribution in [1.82, 2.24) is 0 Å². The van der Waals surface area contributed by atoms with Crippen molar-refractivity contribution in [2.24, 2.45) is 0 Å². The molecule has 0 fully saturated rings. The van der Waals surface area contributed by atoms with Gasteiger partial charge in [-0.1, -0.05) is 42.6 Å². The third-order valence-corrected chi connectivity index (χ3v) is 2.69. The van der Waals surface area contributed by atoms with E-state index in [2.05, 4.69) is 25.1 Å². The third-order valence-electron chi connectivity index (χ3n) is 2.44. The second-order valence-corrected chi connectivity index (χ2v) is 3.90. The average Bonchev–Trinajstić information content (AvgIpc) is 2.30. The Bertz CT molecular complexity index is 437. The summed E-state index contributed by atoms with van der Waals surface area (Å²) in [5.74, 6) is 0. The number of rotatable bonds is 2. The smallest absolute Gasteiger partial charge is 1.00 e. The first-order chi connectivity index (χ1) is 7.29. The summed E-state index contributed by atoms with van der Waals surface area (Å²) < 4.78 is 0. The van der Waals surface area contributed by atoms with Gasteiger partial charge in [0.05, 0.1) is 0 Å². The molecule has 0 aliphatic carbocycles. The standard InChI is InChI=1S/C14H12Cl.BrH.Mg/c1-2-11-3-5-12(6-4-11)13-7-9-14(15)10-8-13;;/h3,5-10H,2H2,1H3;1H;/q-1;;+2/p-1. The number of hydrogen-bond acceptors (Lipinski definition) is 0. The zero-order valence-electron chi connectivity index (χ0n) is 9.71. The molecule has 17 heavy (non-hydrogen) atoms. The van der Waals surface area contributed by atoms with Gasteiger partial charge in [-0.2, -0.15) is 29.8 Å². The van der Waals surface area contributed by atoms with Gasteiger partial charge in [-0.25, -0.2) is 0 Å². The van der Waals surface area contributed by atoms with Gasteiger partial charge in [0.15, 0.2) is 0 Å². The minimum Gasteiger partial charge on any atom is -1.00 e. The molecule has 0 saturated carbocycles. The van der Waals surface area contributed by atoms with E-state index in [1.54, 1.807) is 0 Å². The van der Waals surface area contributed by atoms with E-state index in [-0.39, 0.29) is 40.0 Å². The van der Waals surface area contributed by atoms with Crippen molar-refractivity contribution in [2.45, 2.75) is 13.3 Å². The molecule has 2 aromatic carbocycles. The van der Waals surface area contributed by atoms with Crippen molar-refractivity contribution in [3.63, 3.8) is 0 Å². The molecule has 0 unspecified atom stereocenters. The van der Waals surface area contributed by atoms with Crippen LogP contribution in [0.5, 0.6) is 0 Å². The molecule has 0 radical (unpaired) electrons. The van der Waals surface area contributed by atoms with Crippen LogP contribution >= 0.6 is 11.6 Å². The van der Waals surface area contributed by atoms with Crippen molar-refractivity contribution in [1.29, 1.82) is 0 Å². The maximum atomic E-state index is 5.84. The van der Waals surface area contributed by atoms with Crippen LogP contribution in [0.15, 0.2) is 42.5 Å². The van der Waals surface area contributed by atoms with Gasteiger partial charge in [0.1, 0.15) is 0 Å². The second-order valence-electron chi connectivity index (χ2n) is 3.46. The van der Waals surface area contributed by atoms with Gasteiger partial charge in [-0.3, -0.25) is 0 Å². The Hall–Kier alpha value is -0.0238. The van der Waals surface area contributed by atoms with Gasteiger partial charge < -0.3 is 17.0 Å². The average molecular weight is 320 g/mol. The molecule has 84 valence electrons. The van der Waals surface area contributed by atoms with Gasteiger partial charge in [-0.15, -0.1) is 5.56 Å². The molecule has 0 amide bonds. The van der Waals surface area contributed by atoms with E-state index < -0.39 is 0 Å². The minimum absolute atomic E-state index is 0. The molecule has 0 bridgehead atoms. The predicted octanol–water partition coefficient (Wildman–Crippen LogP) is 0.993. The van der Waals surface area contributed by atoms with Crippen molar-refractivity contribution in [3.05, 3.63) is 59.1 Å². The summed E-state index contributed by atoms with van der Waals surface area (Å²) in [6.45, 7) is 2.13. The van der Waals surface area contributed by atoms with Crippen molar-refractivity contribution >= 4 is 34.7 Å². The molecule has 0 aromatic heterocycles. The molecule has 0 aliphatic heterocycles. The first-order valence-electron chi connectivity index (χ1n) is 5.06. The monoisotopic (exact) mass is 318 g/mol. The molecule has 0 aliphatic rings. The summed E-state index contributed by atoms with van der Waals surface area (Å²) in [6, 6.07) is 17.4. The van der Waals surface area contributed by atoms with Gasteiger partial charge in [0, 0.05) is 5.02 Å². The fourth-order valence-corrected chi connectivity index (χ4v) is 1.62. The molecule has 2 rings (SSSR count). The van der Waals surface area contributed by atoms with Crippen LogP contribution in [0.1, 0.15) is 12.5 Å². The number of benzene rings is 2. The fraction of sp³-hybridized carbons (Fsp3) is 0.143. The Morgan fingerprint density at radius 3 is 2.06 bits per heavy atom. The number of halogens is 2. The van der Waals surface area contributed by atoms with Crippen LogP contribution in [0.2, 0.25) is 5.02 Å². The maximum absolute atomic E-state index is 5.84. The van der Waals surface area contributed by atoms with Crippen molar-refractivity contribution < 1.29 is 17.0 Å². The zero-order valence-corrected chi connectivity index (χ0v) is 13.5. The van der Waals surface area contributed by atoms with Crippen molar-refractivity contribution in [3.8, 4) is 11.1 Å². The maximum Gasteiger partial charge on any atom is 2.00 e. The van der Waals surface area contributed by atoms with E-state index in [1.807, 2.05) is 30.3 Å². The van der Waals surface area contributed by atoms with Gasteiger partial charge in [-0.05, 0) is 12.1 Å². The molecule has 0 N–H and O–H groups in total. The van der Waals surface area contributed by atoms with Crippen LogP contribution in [-0.4, -0.2) is 23.1 Å². The van der Waals surface area contributed by atoms with E-state index in [1.165, 1.54) is 16.7 Å². The zero-order chi connectivity index (χ0) is 10.7. The molecular formula is C14H12BrClMg. The molecule has 0 heterocycles. The fourth-order valence-electron chi connectivity index (χ4n) is 1.50. The Labute approximate surface area is 134 Å². The quantitative estimate of drug-likeness (QED) is 0.572. The van der Waals surface area contributed by atoms with E-state index in [0.29, 0.717) is 0 Å². The Morgan fingerprint density at radius 2 is 1.59 bits per heavy atom. The summed E-state index contributed by atoms with van der Waals surface area (Å²) in [7, 11) is 0. The van der Waals surface area contributed by atoms with Crippen LogP contribution in [0.4, 0.5) is 0 Å². The molecule has 0 spiro atoms. The molecule has 0 atom stereocenters. The number of hydrogen-bond donors (Lipinski definition) is 0. The van der Waals surface area contributed by atoms with E-state index in [4.69, 9.17) is 11.6 Å². The van der Waals surface area contributed by atoms with Crippen LogP contribution in [0.25, 0.3) is 11.1 Å². The predicted molar refractivity (Wildman–Crippen MR) is 70.9 cm³/mol. The third kappa shape index (κ3) is 4.62.